The molecule has 0 radical (unpaired) electrons. The largest absolute Gasteiger partial charge is 0.254 e. The fourth-order valence-electron chi connectivity index (χ4n) is 2.31. The zero-order chi connectivity index (χ0) is 12.1. The van der Waals surface area contributed by atoms with Crippen molar-refractivity contribution in [3.63, 3.8) is 0 Å². The Labute approximate surface area is 102 Å². The fraction of sp³-hybridized carbons (Fsp3) is 0.0769. The third-order valence-electron chi connectivity index (χ3n) is 3.02. The molecule has 5 nitrogen and oxygen atoms in total. The molecule has 0 fully saturated rings. The molecular formula is C13H9N5. The minimum Gasteiger partial charge on any atom is -0.254 e. The van der Waals surface area contributed by atoms with Crippen LogP contribution in [0.2, 0.25) is 0 Å². The maximum Gasteiger partial charge on any atom is 0.180 e. The van der Waals surface area contributed by atoms with Crippen LogP contribution in [0.4, 0.5) is 0 Å². The lowest BCUT2D eigenvalue weighted by Crippen LogP contribution is -1.97. The van der Waals surface area contributed by atoms with Crippen molar-refractivity contribution in [2.24, 2.45) is 0 Å². The average Bonchev–Trinajstić information content (AvgIpc) is 2.81. The summed E-state index contributed by atoms with van der Waals surface area (Å²) in [4.78, 5) is 13.2. The van der Waals surface area contributed by atoms with Crippen LogP contribution in [0.5, 0.6) is 0 Å². The van der Waals surface area contributed by atoms with Crippen molar-refractivity contribution < 1.29 is 0 Å². The number of hydrogen-bond acceptors (Lipinski definition) is 4. The lowest BCUT2D eigenvalue weighted by Gasteiger charge is -2.04. The molecule has 0 aliphatic heterocycles. The summed E-state index contributed by atoms with van der Waals surface area (Å²) in [5.41, 5.74) is 4.42. The first-order chi connectivity index (χ1) is 8.84. The minimum absolute atomic E-state index is 0.765. The molecule has 0 saturated heterocycles. The van der Waals surface area contributed by atoms with Gasteiger partial charge in [0.05, 0.1) is 16.7 Å². The number of rotatable bonds is 0. The smallest absolute Gasteiger partial charge is 0.180 e. The predicted octanol–water partition coefficient (Wildman–Crippen LogP) is 2.13. The molecule has 86 valence electrons. The SMILES string of the molecule is Cc1cc2c3ncccc3c3nccnc3n2n1. The summed E-state index contributed by atoms with van der Waals surface area (Å²) in [5.74, 6) is 0. The normalized spacial score (nSPS) is 11.6. The Balaban J connectivity index is 2.45. The highest BCUT2D eigenvalue weighted by Crippen LogP contribution is 2.25. The highest BCUT2D eigenvalue weighted by Gasteiger charge is 2.12. The molecule has 4 heterocycles. The summed E-state index contributed by atoms with van der Waals surface area (Å²) in [7, 11) is 0. The van der Waals surface area contributed by atoms with Gasteiger partial charge in [-0.2, -0.15) is 5.10 Å². The molecule has 0 aliphatic rings. The van der Waals surface area contributed by atoms with Crippen LogP contribution in [-0.4, -0.2) is 24.6 Å². The topological polar surface area (TPSA) is 56.0 Å². The summed E-state index contributed by atoms with van der Waals surface area (Å²) >= 11 is 0. The van der Waals surface area contributed by atoms with Gasteiger partial charge in [0.25, 0.3) is 0 Å². The molecule has 0 N–H and O–H groups in total. The van der Waals surface area contributed by atoms with E-state index in [2.05, 4.69) is 20.1 Å². The van der Waals surface area contributed by atoms with Crippen molar-refractivity contribution in [3.05, 3.63) is 42.5 Å². The van der Waals surface area contributed by atoms with Crippen molar-refractivity contribution >= 4 is 27.6 Å². The van der Waals surface area contributed by atoms with Gasteiger partial charge in [0.1, 0.15) is 5.52 Å². The Kier molecular flexibility index (Phi) is 1.70. The van der Waals surface area contributed by atoms with E-state index in [1.807, 2.05) is 29.6 Å². The number of pyridine rings is 2. The predicted molar refractivity (Wildman–Crippen MR) is 68.3 cm³/mol. The van der Waals surface area contributed by atoms with Gasteiger partial charge in [0.2, 0.25) is 0 Å². The standard InChI is InChI=1S/C13H9N5/c1-8-7-10-11-9(3-2-4-14-11)12-13(18(10)17-8)16-6-5-15-12/h2-7H,1H3. The Morgan fingerprint density at radius 3 is 2.78 bits per heavy atom. The molecule has 5 heteroatoms. The number of aromatic nitrogens is 5. The number of aryl methyl sites for hydroxylation is 1. The molecule has 0 aromatic carbocycles. The van der Waals surface area contributed by atoms with E-state index in [1.54, 1.807) is 18.6 Å². The van der Waals surface area contributed by atoms with Crippen LogP contribution in [0, 0.1) is 6.92 Å². The third-order valence-corrected chi connectivity index (χ3v) is 3.02. The molecule has 0 unspecified atom stereocenters. The molecule has 0 aliphatic carbocycles. The van der Waals surface area contributed by atoms with Gasteiger partial charge in [-0.15, -0.1) is 0 Å². The quantitative estimate of drug-likeness (QED) is 0.438. The summed E-state index contributed by atoms with van der Waals surface area (Å²) < 4.78 is 1.81. The lowest BCUT2D eigenvalue weighted by atomic mass is 10.2. The maximum atomic E-state index is 4.47. The van der Waals surface area contributed by atoms with Crippen LogP contribution in [0.3, 0.4) is 0 Å². The second-order valence-electron chi connectivity index (χ2n) is 4.21. The van der Waals surface area contributed by atoms with Gasteiger partial charge in [-0.25, -0.2) is 9.50 Å². The molecule has 0 spiro atoms. The summed E-state index contributed by atoms with van der Waals surface area (Å²) in [6.45, 7) is 1.96. The van der Waals surface area contributed by atoms with E-state index in [4.69, 9.17) is 0 Å². The highest BCUT2D eigenvalue weighted by molar-refractivity contribution is 6.07. The van der Waals surface area contributed by atoms with Crippen LogP contribution in [0.25, 0.3) is 27.6 Å². The summed E-state index contributed by atoms with van der Waals surface area (Å²) in [6.07, 6.45) is 5.16. The van der Waals surface area contributed by atoms with Crippen LogP contribution >= 0.6 is 0 Å². The van der Waals surface area contributed by atoms with Crippen molar-refractivity contribution in [2.45, 2.75) is 6.92 Å². The van der Waals surface area contributed by atoms with E-state index in [0.717, 1.165) is 33.3 Å². The summed E-state index contributed by atoms with van der Waals surface area (Å²) in [6, 6.07) is 5.95. The fourth-order valence-corrected chi connectivity index (χ4v) is 2.31. The van der Waals surface area contributed by atoms with Crippen molar-refractivity contribution in [1.29, 1.82) is 0 Å². The molecule has 0 amide bonds. The first-order valence-corrected chi connectivity index (χ1v) is 5.68. The number of hydrogen-bond donors (Lipinski definition) is 0. The first-order valence-electron chi connectivity index (χ1n) is 5.68. The highest BCUT2D eigenvalue weighted by atomic mass is 15.3. The van der Waals surface area contributed by atoms with Crippen LogP contribution in [0.1, 0.15) is 5.69 Å². The molecular weight excluding hydrogens is 226 g/mol. The van der Waals surface area contributed by atoms with Gasteiger partial charge in [0.15, 0.2) is 5.65 Å². The monoisotopic (exact) mass is 235 g/mol. The second kappa shape index (κ2) is 3.22. The maximum absolute atomic E-state index is 4.47. The van der Waals surface area contributed by atoms with Crippen LogP contribution in [0.15, 0.2) is 36.8 Å². The van der Waals surface area contributed by atoms with Gasteiger partial charge < -0.3 is 0 Å². The van der Waals surface area contributed by atoms with Gasteiger partial charge in [-0.3, -0.25) is 9.97 Å². The Bertz CT molecular complexity index is 821. The molecule has 0 atom stereocenters. The van der Waals surface area contributed by atoms with E-state index in [9.17, 15) is 0 Å². The van der Waals surface area contributed by atoms with Gasteiger partial charge in [0, 0.05) is 24.0 Å². The van der Waals surface area contributed by atoms with Crippen molar-refractivity contribution in [3.8, 4) is 0 Å². The van der Waals surface area contributed by atoms with Gasteiger partial charge in [-0.1, -0.05) is 0 Å². The van der Waals surface area contributed by atoms with Crippen LogP contribution < -0.4 is 0 Å². The van der Waals surface area contributed by atoms with Crippen molar-refractivity contribution in [2.75, 3.05) is 0 Å². The van der Waals surface area contributed by atoms with Gasteiger partial charge in [-0.05, 0) is 25.1 Å². The Morgan fingerprint density at radius 1 is 1.00 bits per heavy atom. The molecule has 18 heavy (non-hydrogen) atoms. The van der Waals surface area contributed by atoms with E-state index in [-0.39, 0.29) is 0 Å². The second-order valence-corrected chi connectivity index (χ2v) is 4.21. The van der Waals surface area contributed by atoms with E-state index in [1.165, 1.54) is 0 Å². The number of fused-ring (bicyclic) bond motifs is 6. The molecule has 4 aromatic rings. The molecule has 0 bridgehead atoms. The Morgan fingerprint density at radius 2 is 1.83 bits per heavy atom. The van der Waals surface area contributed by atoms with Crippen molar-refractivity contribution in [1.82, 2.24) is 24.6 Å². The Hall–Kier alpha value is -2.56. The van der Waals surface area contributed by atoms with Crippen LogP contribution in [-0.2, 0) is 0 Å². The van der Waals surface area contributed by atoms with E-state index < -0.39 is 0 Å². The van der Waals surface area contributed by atoms with Gasteiger partial charge >= 0.3 is 0 Å². The summed E-state index contributed by atoms with van der Waals surface area (Å²) in [5, 5.41) is 5.47. The third kappa shape index (κ3) is 1.10. The zero-order valence-corrected chi connectivity index (χ0v) is 9.70. The average molecular weight is 235 g/mol. The number of nitrogens with zero attached hydrogens (tertiary/aromatic N) is 5. The minimum atomic E-state index is 0.765. The molecule has 4 rings (SSSR count). The molecule has 0 saturated carbocycles. The molecule has 4 aromatic heterocycles. The van der Waals surface area contributed by atoms with E-state index >= 15 is 0 Å². The first kappa shape index (κ1) is 9.47. The van der Waals surface area contributed by atoms with E-state index in [0.29, 0.717) is 0 Å². The zero-order valence-electron chi connectivity index (χ0n) is 9.70. The lowest BCUT2D eigenvalue weighted by molar-refractivity contribution is 0.952.